The van der Waals surface area contributed by atoms with E-state index in [9.17, 15) is 4.79 Å². The van der Waals surface area contributed by atoms with Crippen molar-refractivity contribution in [1.29, 1.82) is 10.8 Å². The third kappa shape index (κ3) is 6.26. The van der Waals surface area contributed by atoms with Crippen molar-refractivity contribution < 1.29 is 9.53 Å². The predicted octanol–water partition coefficient (Wildman–Crippen LogP) is 6.39. The number of thiophene rings is 1. The number of nitrogens with zero attached hydrogens (tertiary/aromatic N) is 2. The normalized spacial score (nSPS) is 13.4. The first-order valence-electron chi connectivity index (χ1n) is 10.4. The van der Waals surface area contributed by atoms with Crippen molar-refractivity contribution in [2.75, 3.05) is 11.4 Å². The highest BCUT2D eigenvalue weighted by molar-refractivity contribution is 7.17. The Hall–Kier alpha value is -2.51. The third-order valence-corrected chi connectivity index (χ3v) is 6.08. The van der Waals surface area contributed by atoms with Crippen LogP contribution in [-0.4, -0.2) is 35.5 Å². The molecule has 0 bridgehead atoms. The van der Waals surface area contributed by atoms with E-state index in [-0.39, 0.29) is 18.1 Å². The predicted molar refractivity (Wildman–Crippen MR) is 135 cm³/mol. The van der Waals surface area contributed by atoms with Gasteiger partial charge in [0.25, 0.3) is 0 Å². The number of amidine groups is 2. The van der Waals surface area contributed by atoms with Crippen molar-refractivity contribution in [3.05, 3.63) is 50.9 Å². The monoisotopic (exact) mass is 474 g/mol. The fourth-order valence-electron chi connectivity index (χ4n) is 3.19. The van der Waals surface area contributed by atoms with Crippen molar-refractivity contribution in [3.8, 4) is 0 Å². The number of ether oxygens (including phenoxy) is 1. The van der Waals surface area contributed by atoms with Gasteiger partial charge in [-0.3, -0.25) is 25.5 Å². The zero-order valence-electron chi connectivity index (χ0n) is 19.7. The van der Waals surface area contributed by atoms with Crippen LogP contribution in [0.2, 0.25) is 5.02 Å². The molecular weight excluding hydrogens is 444 g/mol. The lowest BCUT2D eigenvalue weighted by molar-refractivity contribution is -0.151. The molecule has 1 aliphatic rings. The van der Waals surface area contributed by atoms with E-state index >= 15 is 0 Å². The van der Waals surface area contributed by atoms with Crippen LogP contribution in [-0.2, 0) is 9.53 Å². The molecule has 0 radical (unpaired) electrons. The summed E-state index contributed by atoms with van der Waals surface area (Å²) in [4.78, 5) is 17.9. The molecule has 0 aliphatic carbocycles. The topological polar surface area (TPSA) is 89.6 Å². The van der Waals surface area contributed by atoms with Gasteiger partial charge in [-0.1, -0.05) is 30.7 Å². The molecule has 0 saturated heterocycles. The molecule has 2 N–H and O–H groups in total. The van der Waals surface area contributed by atoms with Crippen LogP contribution in [0, 0.1) is 24.7 Å². The average molecular weight is 475 g/mol. The Bertz CT molecular complexity index is 1050. The van der Waals surface area contributed by atoms with E-state index in [0.29, 0.717) is 23.1 Å². The van der Waals surface area contributed by atoms with Crippen molar-refractivity contribution >= 4 is 51.3 Å². The van der Waals surface area contributed by atoms with Crippen LogP contribution in [0.3, 0.4) is 0 Å². The molecule has 0 unspecified atom stereocenters. The van der Waals surface area contributed by atoms with E-state index in [1.54, 1.807) is 16.2 Å². The highest BCUT2D eigenvalue weighted by Gasteiger charge is 2.29. The molecule has 0 atom stereocenters. The van der Waals surface area contributed by atoms with E-state index in [1.807, 2.05) is 52.0 Å². The zero-order chi connectivity index (χ0) is 24.2. The Morgan fingerprint density at radius 2 is 1.84 bits per heavy atom. The largest absolute Gasteiger partial charge is 0.460 e. The second-order valence-corrected chi connectivity index (χ2v) is 10.1. The van der Waals surface area contributed by atoms with Crippen LogP contribution < -0.4 is 4.90 Å². The maximum atomic E-state index is 10.2. The Morgan fingerprint density at radius 1 is 1.25 bits per heavy atom. The van der Waals surface area contributed by atoms with E-state index in [0.717, 1.165) is 27.4 Å². The highest BCUT2D eigenvalue weighted by Crippen LogP contribution is 2.39. The number of benzene rings is 1. The summed E-state index contributed by atoms with van der Waals surface area (Å²) in [6.45, 7) is 13.3. The summed E-state index contributed by atoms with van der Waals surface area (Å²) in [7, 11) is 0. The van der Waals surface area contributed by atoms with E-state index in [1.165, 1.54) is 11.8 Å². The molecule has 0 fully saturated rings. The number of hydrogen-bond acceptors (Lipinski definition) is 6. The molecule has 32 heavy (non-hydrogen) atoms. The number of halogens is 1. The Kier molecular flexibility index (Phi) is 8.37. The van der Waals surface area contributed by atoms with Gasteiger partial charge in [-0.2, -0.15) is 0 Å². The minimum atomic E-state index is -0.328. The van der Waals surface area contributed by atoms with E-state index < -0.39 is 0 Å². The Morgan fingerprint density at radius 3 is 2.31 bits per heavy atom. The number of carbonyl (C=O) groups is 1. The van der Waals surface area contributed by atoms with Crippen molar-refractivity contribution in [3.63, 3.8) is 0 Å². The Labute approximate surface area is 199 Å². The summed E-state index contributed by atoms with van der Waals surface area (Å²) >= 11 is 7.64. The van der Waals surface area contributed by atoms with Gasteiger partial charge in [-0.15, -0.1) is 11.3 Å². The minimum Gasteiger partial charge on any atom is -0.460 e. The first-order valence-corrected chi connectivity index (χ1v) is 11.6. The molecule has 2 heterocycles. The lowest BCUT2D eigenvalue weighted by atomic mass is 10.00. The number of aliphatic imine (C=N–C) groups is 1. The molecule has 0 saturated carbocycles. The van der Waals surface area contributed by atoms with Gasteiger partial charge >= 0.3 is 5.97 Å². The van der Waals surface area contributed by atoms with Crippen LogP contribution >= 0.6 is 22.9 Å². The van der Waals surface area contributed by atoms with E-state index in [2.05, 4.69) is 13.8 Å². The van der Waals surface area contributed by atoms with Crippen LogP contribution in [0.15, 0.2) is 29.3 Å². The lowest BCUT2D eigenvalue weighted by Gasteiger charge is -2.22. The van der Waals surface area contributed by atoms with Gasteiger partial charge in [0.15, 0.2) is 0 Å². The number of anilines is 1. The van der Waals surface area contributed by atoms with Crippen LogP contribution in [0.25, 0.3) is 0 Å². The molecular formula is C24H31ClN4O2S. The molecule has 1 aliphatic heterocycles. The maximum absolute atomic E-state index is 10.2. The molecule has 1 aromatic heterocycles. The first-order chi connectivity index (χ1) is 14.9. The number of hydrogen-bond donors (Lipinski definition) is 2. The number of aryl methyl sites for hydroxylation is 1. The smallest absolute Gasteiger partial charge is 0.303 e. The third-order valence-electron chi connectivity index (χ3n) is 4.64. The molecule has 172 valence electrons. The van der Waals surface area contributed by atoms with Crippen LogP contribution in [0.5, 0.6) is 0 Å². The highest BCUT2D eigenvalue weighted by atomic mass is 35.5. The second-order valence-electron chi connectivity index (χ2n) is 8.42. The Balaban J connectivity index is 0.000000390. The molecule has 0 spiro atoms. The summed E-state index contributed by atoms with van der Waals surface area (Å²) in [6.07, 6.45) is 0.577. The summed E-state index contributed by atoms with van der Waals surface area (Å²) in [5.41, 5.74) is 3.72. The molecule has 2 aromatic rings. The second kappa shape index (κ2) is 10.4. The van der Waals surface area contributed by atoms with Crippen molar-refractivity contribution in [2.24, 2.45) is 4.99 Å². The van der Waals surface area contributed by atoms with Crippen LogP contribution in [0.1, 0.15) is 62.6 Å². The van der Waals surface area contributed by atoms with Gasteiger partial charge in [0.1, 0.15) is 22.3 Å². The fourth-order valence-corrected chi connectivity index (χ4v) is 4.52. The molecule has 8 heteroatoms. The first kappa shape index (κ1) is 25.7. The molecule has 0 amide bonds. The van der Waals surface area contributed by atoms with Crippen LogP contribution in [0.4, 0.5) is 5.00 Å². The van der Waals surface area contributed by atoms with Crippen molar-refractivity contribution in [2.45, 2.75) is 60.5 Å². The SMILES string of the molecule is CC(=O)OC(C)(C)C.CCC(=N)N1C(=N)CN=C(c2ccc(Cl)cc2)c2c1sc(C)c2C. The average Bonchev–Trinajstić information content (AvgIpc) is 2.88. The molecule has 3 rings (SSSR count). The quantitative estimate of drug-likeness (QED) is 0.300. The molecule has 1 aromatic carbocycles. The number of fused-ring (bicyclic) bond motifs is 1. The minimum absolute atomic E-state index is 0.225. The number of esters is 1. The fraction of sp³-hybridized carbons (Fsp3) is 0.417. The molecule has 6 nitrogen and oxygen atoms in total. The van der Waals surface area contributed by atoms with Gasteiger partial charge in [0.05, 0.1) is 12.3 Å². The summed E-state index contributed by atoms with van der Waals surface area (Å²) in [5.74, 6) is 0.542. The van der Waals surface area contributed by atoms with Gasteiger partial charge in [-0.05, 0) is 52.3 Å². The van der Waals surface area contributed by atoms with Crippen molar-refractivity contribution in [1.82, 2.24) is 0 Å². The summed E-state index contributed by atoms with van der Waals surface area (Å²) < 4.78 is 4.80. The lowest BCUT2D eigenvalue weighted by Crippen LogP contribution is -2.36. The summed E-state index contributed by atoms with van der Waals surface area (Å²) in [6, 6.07) is 7.63. The van der Waals surface area contributed by atoms with Gasteiger partial charge in [0, 0.05) is 34.4 Å². The number of carbonyl (C=O) groups excluding carboxylic acids is 1. The van der Waals surface area contributed by atoms with Gasteiger partial charge in [-0.25, -0.2) is 0 Å². The summed E-state index contributed by atoms with van der Waals surface area (Å²) in [5, 5.41) is 18.3. The number of nitrogens with one attached hydrogen (secondary N) is 2. The zero-order valence-corrected chi connectivity index (χ0v) is 21.3. The van der Waals surface area contributed by atoms with E-state index in [4.69, 9.17) is 32.1 Å². The number of rotatable bonds is 2. The standard InChI is InChI=1S/C18H19ClN4S.C6H12O2/c1-4-14(20)23-15(21)9-22-17(12-5-7-13(19)8-6-12)16-10(2)11(3)24-18(16)23;1-5(7)8-6(2,3)4/h5-8,20-21H,4,9H2,1-3H3;1-4H3. The van der Waals surface area contributed by atoms with Gasteiger partial charge in [0.2, 0.25) is 0 Å². The maximum Gasteiger partial charge on any atom is 0.303 e. The van der Waals surface area contributed by atoms with Gasteiger partial charge < -0.3 is 4.74 Å².